The van der Waals surface area contributed by atoms with Crippen LogP contribution in [-0.4, -0.2) is 29.1 Å². The minimum Gasteiger partial charge on any atom is -0.496 e. The monoisotopic (exact) mass is 311 g/mol. The summed E-state index contributed by atoms with van der Waals surface area (Å²) in [5, 5.41) is 2.81. The second kappa shape index (κ2) is 6.39. The lowest BCUT2D eigenvalue weighted by Crippen LogP contribution is -2.30. The van der Waals surface area contributed by atoms with Crippen LogP contribution in [0.15, 0.2) is 53.3 Å². The number of H-pyrrole nitrogens is 1. The van der Waals surface area contributed by atoms with E-state index in [9.17, 15) is 9.59 Å². The molecule has 0 fully saturated rings. The van der Waals surface area contributed by atoms with Crippen LogP contribution in [0.25, 0.3) is 11.0 Å². The number of nitrogens with one attached hydrogen (secondary N) is 2. The number of fused-ring (bicyclic) bond motifs is 1. The maximum Gasteiger partial charge on any atom is 0.326 e. The quantitative estimate of drug-likeness (QED) is 0.754. The van der Waals surface area contributed by atoms with Gasteiger partial charge in [0.25, 0.3) is 5.91 Å². The van der Waals surface area contributed by atoms with Gasteiger partial charge in [-0.2, -0.15) is 0 Å². The van der Waals surface area contributed by atoms with Crippen molar-refractivity contribution >= 4 is 16.9 Å². The summed E-state index contributed by atoms with van der Waals surface area (Å²) in [7, 11) is 1.53. The molecule has 1 aromatic heterocycles. The smallest absolute Gasteiger partial charge is 0.326 e. The summed E-state index contributed by atoms with van der Waals surface area (Å²) in [6.07, 6.45) is 0. The fourth-order valence-corrected chi connectivity index (χ4v) is 2.54. The molecule has 3 aromatic rings. The van der Waals surface area contributed by atoms with Gasteiger partial charge in [0.1, 0.15) is 5.75 Å². The number of rotatable bonds is 5. The molecule has 23 heavy (non-hydrogen) atoms. The first kappa shape index (κ1) is 14.9. The molecule has 2 aromatic carbocycles. The van der Waals surface area contributed by atoms with Gasteiger partial charge in [-0.1, -0.05) is 24.3 Å². The van der Waals surface area contributed by atoms with Crippen LogP contribution in [0.4, 0.5) is 0 Å². The predicted molar refractivity (Wildman–Crippen MR) is 87.9 cm³/mol. The summed E-state index contributed by atoms with van der Waals surface area (Å²) in [5.41, 5.74) is 1.90. The second-order valence-corrected chi connectivity index (χ2v) is 5.06. The van der Waals surface area contributed by atoms with Gasteiger partial charge in [-0.25, -0.2) is 4.79 Å². The molecule has 6 heteroatoms. The highest BCUT2D eigenvalue weighted by molar-refractivity contribution is 5.96. The Kier molecular flexibility index (Phi) is 4.14. The summed E-state index contributed by atoms with van der Waals surface area (Å²) in [4.78, 5) is 27.0. The van der Waals surface area contributed by atoms with Crippen LogP contribution in [0.1, 0.15) is 10.4 Å². The van der Waals surface area contributed by atoms with E-state index in [-0.39, 0.29) is 11.6 Å². The highest BCUT2D eigenvalue weighted by atomic mass is 16.5. The Bertz CT molecular complexity index is 895. The fourth-order valence-electron chi connectivity index (χ4n) is 2.54. The van der Waals surface area contributed by atoms with Crippen molar-refractivity contribution in [3.05, 3.63) is 64.6 Å². The maximum atomic E-state index is 12.2. The number of para-hydroxylation sites is 3. The lowest BCUT2D eigenvalue weighted by Gasteiger charge is -2.09. The molecule has 0 atom stereocenters. The molecule has 118 valence electrons. The molecule has 0 unspecified atom stereocenters. The predicted octanol–water partition coefficient (Wildman–Crippen LogP) is 1.77. The van der Waals surface area contributed by atoms with Crippen LogP contribution in [-0.2, 0) is 6.54 Å². The van der Waals surface area contributed by atoms with Gasteiger partial charge >= 0.3 is 5.69 Å². The lowest BCUT2D eigenvalue weighted by atomic mass is 10.2. The molecule has 0 aliphatic heterocycles. The average Bonchev–Trinajstić information content (AvgIpc) is 2.90. The van der Waals surface area contributed by atoms with Gasteiger partial charge in [0.15, 0.2) is 0 Å². The van der Waals surface area contributed by atoms with Crippen molar-refractivity contribution in [2.45, 2.75) is 6.54 Å². The number of imidazole rings is 1. The van der Waals surface area contributed by atoms with E-state index in [1.807, 2.05) is 24.3 Å². The largest absolute Gasteiger partial charge is 0.496 e. The van der Waals surface area contributed by atoms with Gasteiger partial charge in [0.2, 0.25) is 0 Å². The van der Waals surface area contributed by atoms with Crippen LogP contribution < -0.4 is 15.7 Å². The highest BCUT2D eigenvalue weighted by Crippen LogP contribution is 2.16. The Labute approximate surface area is 132 Å². The van der Waals surface area contributed by atoms with Gasteiger partial charge in [-0.3, -0.25) is 9.36 Å². The zero-order chi connectivity index (χ0) is 16.2. The van der Waals surface area contributed by atoms with Gasteiger partial charge in [-0.05, 0) is 24.3 Å². The summed E-state index contributed by atoms with van der Waals surface area (Å²) in [6, 6.07) is 14.5. The third kappa shape index (κ3) is 2.96. The Morgan fingerprint density at radius 2 is 1.91 bits per heavy atom. The Morgan fingerprint density at radius 3 is 2.74 bits per heavy atom. The van der Waals surface area contributed by atoms with E-state index in [1.54, 1.807) is 28.8 Å². The van der Waals surface area contributed by atoms with Crippen LogP contribution in [0.2, 0.25) is 0 Å². The first-order valence-electron chi connectivity index (χ1n) is 7.29. The molecule has 1 heterocycles. The van der Waals surface area contributed by atoms with Gasteiger partial charge < -0.3 is 15.0 Å². The van der Waals surface area contributed by atoms with E-state index in [2.05, 4.69) is 10.3 Å². The third-order valence-electron chi connectivity index (χ3n) is 3.65. The molecule has 3 rings (SSSR count). The molecule has 0 saturated heterocycles. The molecular formula is C17H17N3O3. The number of methoxy groups -OCH3 is 1. The summed E-state index contributed by atoms with van der Waals surface area (Å²) in [5.74, 6) is 0.296. The second-order valence-electron chi connectivity index (χ2n) is 5.06. The molecule has 6 nitrogen and oxygen atoms in total. The molecule has 0 saturated carbocycles. The Balaban J connectivity index is 1.70. The van der Waals surface area contributed by atoms with E-state index in [1.165, 1.54) is 7.11 Å². The Hall–Kier alpha value is -3.02. The average molecular weight is 311 g/mol. The molecule has 0 spiro atoms. The van der Waals surface area contributed by atoms with Crippen molar-refractivity contribution in [1.82, 2.24) is 14.9 Å². The SMILES string of the molecule is COc1ccccc1C(=O)NCCn1c(=O)[nH]c2ccccc21. The summed E-state index contributed by atoms with van der Waals surface area (Å²) in [6.45, 7) is 0.738. The molecule has 0 aliphatic carbocycles. The number of benzene rings is 2. The lowest BCUT2D eigenvalue weighted by molar-refractivity contribution is 0.0949. The van der Waals surface area contributed by atoms with Crippen molar-refractivity contribution in [3.8, 4) is 5.75 Å². The Morgan fingerprint density at radius 1 is 1.17 bits per heavy atom. The fraction of sp³-hybridized carbons (Fsp3) is 0.176. The molecule has 0 bridgehead atoms. The minimum absolute atomic E-state index is 0.183. The van der Waals surface area contributed by atoms with E-state index < -0.39 is 0 Å². The number of amides is 1. The van der Waals surface area contributed by atoms with Crippen LogP contribution >= 0.6 is 0 Å². The zero-order valence-corrected chi connectivity index (χ0v) is 12.7. The minimum atomic E-state index is -0.227. The van der Waals surface area contributed by atoms with E-state index in [0.29, 0.717) is 24.4 Å². The number of ether oxygens (including phenoxy) is 1. The van der Waals surface area contributed by atoms with Crippen LogP contribution in [0.3, 0.4) is 0 Å². The normalized spacial score (nSPS) is 10.7. The molecule has 0 radical (unpaired) electrons. The van der Waals surface area contributed by atoms with Crippen LogP contribution in [0.5, 0.6) is 5.75 Å². The number of carbonyl (C=O) groups excluding carboxylic acids is 1. The molecule has 1 amide bonds. The van der Waals surface area contributed by atoms with Gasteiger partial charge in [-0.15, -0.1) is 0 Å². The number of nitrogens with zero attached hydrogens (tertiary/aromatic N) is 1. The number of hydrogen-bond acceptors (Lipinski definition) is 3. The van der Waals surface area contributed by atoms with Crippen molar-refractivity contribution in [2.24, 2.45) is 0 Å². The van der Waals surface area contributed by atoms with E-state index in [0.717, 1.165) is 11.0 Å². The van der Waals surface area contributed by atoms with Crippen molar-refractivity contribution in [2.75, 3.05) is 13.7 Å². The first-order chi connectivity index (χ1) is 11.2. The van der Waals surface area contributed by atoms with Crippen molar-refractivity contribution in [3.63, 3.8) is 0 Å². The van der Waals surface area contributed by atoms with Crippen molar-refractivity contribution in [1.29, 1.82) is 0 Å². The zero-order valence-electron chi connectivity index (χ0n) is 12.7. The van der Waals surface area contributed by atoms with Gasteiger partial charge in [0, 0.05) is 13.1 Å². The number of aromatic amines is 1. The van der Waals surface area contributed by atoms with E-state index >= 15 is 0 Å². The topological polar surface area (TPSA) is 76.1 Å². The summed E-state index contributed by atoms with van der Waals surface area (Å²) >= 11 is 0. The highest BCUT2D eigenvalue weighted by Gasteiger charge is 2.11. The molecule has 2 N–H and O–H groups in total. The number of carbonyl (C=O) groups is 1. The summed E-state index contributed by atoms with van der Waals surface area (Å²) < 4.78 is 6.78. The third-order valence-corrected chi connectivity index (χ3v) is 3.65. The van der Waals surface area contributed by atoms with Crippen molar-refractivity contribution < 1.29 is 9.53 Å². The molecule has 0 aliphatic rings. The number of aromatic nitrogens is 2. The first-order valence-corrected chi connectivity index (χ1v) is 7.29. The standard InChI is InChI=1S/C17H17N3O3/c1-23-15-9-5-2-6-12(15)16(21)18-10-11-20-14-8-4-3-7-13(14)19-17(20)22/h2-9H,10-11H2,1H3,(H,18,21)(H,19,22). The molecular weight excluding hydrogens is 294 g/mol. The van der Waals surface area contributed by atoms with Gasteiger partial charge in [0.05, 0.1) is 23.7 Å². The van der Waals surface area contributed by atoms with E-state index in [4.69, 9.17) is 4.74 Å². The maximum absolute atomic E-state index is 12.2. The van der Waals surface area contributed by atoms with Crippen LogP contribution in [0, 0.1) is 0 Å². The number of hydrogen-bond donors (Lipinski definition) is 2.